The van der Waals surface area contributed by atoms with Crippen molar-refractivity contribution in [2.24, 2.45) is 0 Å². The molecule has 17 heavy (non-hydrogen) atoms. The van der Waals surface area contributed by atoms with Crippen LogP contribution in [0.3, 0.4) is 0 Å². The number of fused-ring (bicyclic) bond motifs is 3. The zero-order chi connectivity index (χ0) is 12.0. The van der Waals surface area contributed by atoms with E-state index >= 15 is 0 Å². The van der Waals surface area contributed by atoms with Gasteiger partial charge in [0, 0.05) is 6.07 Å². The summed E-state index contributed by atoms with van der Waals surface area (Å²) in [4.78, 5) is 22.4. The summed E-state index contributed by atoms with van der Waals surface area (Å²) in [6.07, 6.45) is 0. The molecule has 2 aromatic heterocycles. The number of hydrogen-bond donors (Lipinski definition) is 1. The van der Waals surface area contributed by atoms with Gasteiger partial charge < -0.3 is 13.9 Å². The van der Waals surface area contributed by atoms with Gasteiger partial charge in [-0.05, 0) is 12.1 Å². The summed E-state index contributed by atoms with van der Waals surface area (Å²) in [7, 11) is 0. The van der Waals surface area contributed by atoms with Gasteiger partial charge in [-0.15, -0.1) is 0 Å². The number of furan rings is 1. The van der Waals surface area contributed by atoms with Gasteiger partial charge in [-0.25, -0.2) is 4.79 Å². The van der Waals surface area contributed by atoms with Crippen molar-refractivity contribution in [1.82, 2.24) is 0 Å². The molecule has 0 bridgehead atoms. The fourth-order valence-electron chi connectivity index (χ4n) is 1.71. The molecule has 0 aliphatic carbocycles. The van der Waals surface area contributed by atoms with Gasteiger partial charge in [0.25, 0.3) is 0 Å². The van der Waals surface area contributed by atoms with Crippen LogP contribution in [-0.2, 0) is 0 Å². The Labute approximate surface area is 93.9 Å². The highest BCUT2D eigenvalue weighted by atomic mass is 16.4. The van der Waals surface area contributed by atoms with Crippen molar-refractivity contribution in [3.63, 3.8) is 0 Å². The monoisotopic (exact) mass is 230 g/mol. The lowest BCUT2D eigenvalue weighted by molar-refractivity contribution is 0.0663. The van der Waals surface area contributed by atoms with E-state index in [0.29, 0.717) is 11.0 Å². The maximum absolute atomic E-state index is 11.7. The fraction of sp³-hybridized carbons (Fsp3) is 0. The summed E-state index contributed by atoms with van der Waals surface area (Å²) < 4.78 is 10.5. The molecule has 2 heterocycles. The highest BCUT2D eigenvalue weighted by Crippen LogP contribution is 2.26. The average molecular weight is 230 g/mol. The Balaban J connectivity index is 2.55. The Kier molecular flexibility index (Phi) is 1.82. The molecule has 3 rings (SSSR count). The lowest BCUT2D eigenvalue weighted by Gasteiger charge is -1.92. The standard InChI is InChI=1S/C12H6O5/c13-7-5-9(12(14)15)17-10-6-3-1-2-4-8(6)16-11(7)10/h1-5H,(H,14,15). The van der Waals surface area contributed by atoms with Crippen LogP contribution in [0.25, 0.3) is 22.1 Å². The Morgan fingerprint density at radius 2 is 1.88 bits per heavy atom. The lowest BCUT2D eigenvalue weighted by atomic mass is 10.2. The molecule has 3 aromatic rings. The van der Waals surface area contributed by atoms with Crippen LogP contribution in [0, 0.1) is 0 Å². The van der Waals surface area contributed by atoms with Gasteiger partial charge in [0.15, 0.2) is 5.58 Å². The maximum Gasteiger partial charge on any atom is 0.371 e. The van der Waals surface area contributed by atoms with Gasteiger partial charge in [-0.3, -0.25) is 4.79 Å². The van der Waals surface area contributed by atoms with Crippen LogP contribution in [0.1, 0.15) is 10.6 Å². The topological polar surface area (TPSA) is 80.6 Å². The first-order chi connectivity index (χ1) is 8.16. The first-order valence-corrected chi connectivity index (χ1v) is 4.85. The Hall–Kier alpha value is -2.56. The summed E-state index contributed by atoms with van der Waals surface area (Å²) in [5, 5.41) is 9.40. The fourth-order valence-corrected chi connectivity index (χ4v) is 1.71. The molecule has 0 aliphatic rings. The van der Waals surface area contributed by atoms with Gasteiger partial charge in [0.1, 0.15) is 5.58 Å². The average Bonchev–Trinajstić information content (AvgIpc) is 2.68. The smallest absolute Gasteiger partial charge is 0.371 e. The van der Waals surface area contributed by atoms with Crippen molar-refractivity contribution in [1.29, 1.82) is 0 Å². The predicted molar refractivity (Wildman–Crippen MR) is 59.2 cm³/mol. The molecule has 1 N–H and O–H groups in total. The minimum Gasteiger partial charge on any atom is -0.475 e. The van der Waals surface area contributed by atoms with E-state index in [1.165, 1.54) is 0 Å². The van der Waals surface area contributed by atoms with Crippen LogP contribution in [0.4, 0.5) is 0 Å². The number of carboxylic acids is 1. The number of hydrogen-bond acceptors (Lipinski definition) is 4. The van der Waals surface area contributed by atoms with E-state index in [9.17, 15) is 9.59 Å². The molecule has 0 amide bonds. The number of rotatable bonds is 1. The van der Waals surface area contributed by atoms with Crippen molar-refractivity contribution in [3.8, 4) is 0 Å². The molecule has 5 heteroatoms. The number of benzene rings is 1. The highest BCUT2D eigenvalue weighted by Gasteiger charge is 2.16. The van der Waals surface area contributed by atoms with Crippen LogP contribution in [0.2, 0.25) is 0 Å². The first kappa shape index (κ1) is 9.65. The number of aromatic carboxylic acids is 1. The third kappa shape index (κ3) is 1.32. The SMILES string of the molecule is O=C(O)c1cc(=O)c2oc3ccccc3c2o1. The Morgan fingerprint density at radius 1 is 1.12 bits per heavy atom. The molecule has 0 fully saturated rings. The maximum atomic E-state index is 11.7. The van der Waals surface area contributed by atoms with E-state index in [0.717, 1.165) is 6.07 Å². The van der Waals surface area contributed by atoms with Gasteiger partial charge in [-0.1, -0.05) is 12.1 Å². The third-order valence-electron chi connectivity index (χ3n) is 2.46. The largest absolute Gasteiger partial charge is 0.475 e. The molecule has 0 aliphatic heterocycles. The van der Waals surface area contributed by atoms with E-state index in [2.05, 4.69) is 0 Å². The lowest BCUT2D eigenvalue weighted by Crippen LogP contribution is -2.04. The zero-order valence-corrected chi connectivity index (χ0v) is 8.47. The summed E-state index contributed by atoms with van der Waals surface area (Å²) in [6.45, 7) is 0. The molecule has 0 saturated carbocycles. The molecule has 0 radical (unpaired) electrons. The van der Waals surface area contributed by atoms with Crippen LogP contribution in [0.15, 0.2) is 44.0 Å². The summed E-state index contributed by atoms with van der Waals surface area (Å²) >= 11 is 0. The number of carbonyl (C=O) groups is 1. The van der Waals surface area contributed by atoms with Crippen LogP contribution >= 0.6 is 0 Å². The Morgan fingerprint density at radius 3 is 2.65 bits per heavy atom. The summed E-state index contributed by atoms with van der Waals surface area (Å²) in [5.41, 5.74) is 0.201. The molecule has 1 aromatic carbocycles. The van der Waals surface area contributed by atoms with Crippen LogP contribution < -0.4 is 5.43 Å². The molecular formula is C12H6O5. The molecule has 84 valence electrons. The van der Waals surface area contributed by atoms with Crippen LogP contribution in [0.5, 0.6) is 0 Å². The van der Waals surface area contributed by atoms with Crippen molar-refractivity contribution in [2.45, 2.75) is 0 Å². The number of para-hydroxylation sites is 1. The zero-order valence-electron chi connectivity index (χ0n) is 8.47. The quantitative estimate of drug-likeness (QED) is 0.693. The molecule has 0 spiro atoms. The van der Waals surface area contributed by atoms with Crippen molar-refractivity contribution in [3.05, 3.63) is 46.3 Å². The molecular weight excluding hydrogens is 224 g/mol. The van der Waals surface area contributed by atoms with Crippen LogP contribution in [-0.4, -0.2) is 11.1 Å². The molecule has 0 saturated heterocycles. The van der Waals surface area contributed by atoms with Gasteiger partial charge in [0.05, 0.1) is 5.39 Å². The van der Waals surface area contributed by atoms with Gasteiger partial charge in [0.2, 0.25) is 16.8 Å². The normalized spacial score (nSPS) is 11.1. The van der Waals surface area contributed by atoms with E-state index in [4.69, 9.17) is 13.9 Å². The second-order valence-corrected chi connectivity index (χ2v) is 3.54. The number of carboxylic acid groups (broad SMARTS) is 1. The second-order valence-electron chi connectivity index (χ2n) is 3.54. The van der Waals surface area contributed by atoms with E-state index < -0.39 is 17.2 Å². The third-order valence-corrected chi connectivity index (χ3v) is 2.46. The second kappa shape index (κ2) is 3.21. The Bertz CT molecular complexity index is 793. The minimum absolute atomic E-state index is 0.0381. The van der Waals surface area contributed by atoms with Crippen molar-refractivity contribution in [2.75, 3.05) is 0 Å². The van der Waals surface area contributed by atoms with E-state index in [-0.39, 0.29) is 11.2 Å². The first-order valence-electron chi connectivity index (χ1n) is 4.85. The predicted octanol–water partition coefficient (Wildman–Crippen LogP) is 2.24. The molecule has 0 atom stereocenters. The summed E-state index contributed by atoms with van der Waals surface area (Å²) in [5.74, 6) is -1.68. The van der Waals surface area contributed by atoms with Gasteiger partial charge >= 0.3 is 5.97 Å². The minimum atomic E-state index is -1.28. The van der Waals surface area contributed by atoms with Gasteiger partial charge in [-0.2, -0.15) is 0 Å². The van der Waals surface area contributed by atoms with Crippen molar-refractivity contribution >= 4 is 28.1 Å². The summed E-state index contributed by atoms with van der Waals surface area (Å²) in [6, 6.07) is 7.81. The molecule has 5 nitrogen and oxygen atoms in total. The van der Waals surface area contributed by atoms with E-state index in [1.807, 2.05) is 0 Å². The molecule has 0 unspecified atom stereocenters. The van der Waals surface area contributed by atoms with E-state index in [1.54, 1.807) is 24.3 Å². The van der Waals surface area contributed by atoms with Crippen molar-refractivity contribution < 1.29 is 18.7 Å². The highest BCUT2D eigenvalue weighted by molar-refractivity contribution is 6.01.